The van der Waals surface area contributed by atoms with Gasteiger partial charge in [-0.1, -0.05) is 0 Å². The van der Waals surface area contributed by atoms with Gasteiger partial charge in [0.1, 0.15) is 0 Å². The first-order chi connectivity index (χ1) is 4.12. The average Bonchev–Trinajstić information content (AvgIpc) is 1.64. The summed E-state index contributed by atoms with van der Waals surface area (Å²) >= 11 is 0. The van der Waals surface area contributed by atoms with Gasteiger partial charge in [0.05, 0.1) is 0 Å². The van der Waals surface area contributed by atoms with Crippen molar-refractivity contribution >= 4 is 21.4 Å². The van der Waals surface area contributed by atoms with Crippen molar-refractivity contribution in [1.82, 2.24) is 0 Å². The zero-order chi connectivity index (χ0) is 7.33. The Kier molecular flexibility index (Phi) is 8.46. The van der Waals surface area contributed by atoms with E-state index in [4.69, 9.17) is 9.05 Å². The largest absolute Gasteiger partial charge is 0.197 e. The van der Waals surface area contributed by atoms with Gasteiger partial charge in [-0.25, -0.2) is 0 Å². The van der Waals surface area contributed by atoms with Crippen molar-refractivity contribution in [1.29, 1.82) is 0 Å². The minimum Gasteiger partial charge on any atom is -0.197 e. The van der Waals surface area contributed by atoms with E-state index >= 15 is 0 Å². The minimum absolute atomic E-state index is 0. The van der Waals surface area contributed by atoms with Crippen LogP contribution in [0.5, 0.6) is 0 Å². The molecule has 0 fully saturated rings. The van der Waals surface area contributed by atoms with Gasteiger partial charge in [0.2, 0.25) is 0 Å². The third-order valence-corrected chi connectivity index (χ3v) is 2.47. The molecule has 0 atom stereocenters. The molecule has 10 heavy (non-hydrogen) atoms. The van der Waals surface area contributed by atoms with Crippen molar-refractivity contribution in [2.45, 2.75) is 13.8 Å². The Morgan fingerprint density at radius 2 is 1.50 bits per heavy atom. The Morgan fingerprint density at radius 3 is 1.70 bits per heavy atom. The summed E-state index contributed by atoms with van der Waals surface area (Å²) in [6.45, 7) is 6.30. The van der Waals surface area contributed by atoms with E-state index in [0.29, 0.717) is 13.2 Å². The van der Waals surface area contributed by atoms with Gasteiger partial charge in [-0.05, 0) is 0 Å². The molecule has 0 spiro atoms. The third-order valence-electron chi connectivity index (χ3n) is 0.824. The first kappa shape index (κ1) is 13.3. The fraction of sp³-hybridized carbons (Fsp3) is 1.00. The molecule has 0 aromatic carbocycles. The fourth-order valence-electron chi connectivity index (χ4n) is 0.577. The van der Waals surface area contributed by atoms with Crippen molar-refractivity contribution < 1.29 is 13.9 Å². The summed E-state index contributed by atoms with van der Waals surface area (Å²) in [6.07, 6.45) is 0. The first-order valence-electron chi connectivity index (χ1n) is 3.12. The van der Waals surface area contributed by atoms with Gasteiger partial charge in [0.25, 0.3) is 0 Å². The van der Waals surface area contributed by atoms with E-state index in [2.05, 4.69) is 0 Å². The van der Waals surface area contributed by atoms with Crippen molar-refractivity contribution in [3.63, 3.8) is 0 Å². The van der Waals surface area contributed by atoms with Gasteiger partial charge in [-0.3, -0.25) is 0 Å². The summed E-state index contributed by atoms with van der Waals surface area (Å²) in [4.78, 5) is 9.21. The first-order valence-corrected chi connectivity index (χ1v) is 5.39. The zero-order valence-electron chi connectivity index (χ0n) is 6.68. The number of hydrogen-bond donors (Lipinski definition) is 1. The Hall–Kier alpha value is 0.660. The maximum Gasteiger partial charge on any atom is -0.197 e. The van der Waals surface area contributed by atoms with Crippen molar-refractivity contribution in [3.8, 4) is 0 Å². The number of rotatable bonds is 4. The van der Waals surface area contributed by atoms with E-state index in [1.807, 2.05) is 13.8 Å². The van der Waals surface area contributed by atoms with Gasteiger partial charge in [-0.2, -0.15) is 13.5 Å². The van der Waals surface area contributed by atoms with Crippen LogP contribution in [-0.4, -0.2) is 24.8 Å². The van der Waals surface area contributed by atoms with Crippen LogP contribution in [0.15, 0.2) is 0 Å². The molecule has 0 aliphatic rings. The molecule has 0 saturated heterocycles. The molecule has 3 nitrogen and oxygen atoms in total. The molecule has 0 unspecified atom stereocenters. The quantitative estimate of drug-likeness (QED) is 0.676. The molecule has 0 heterocycles. The average molecular weight is 188 g/mol. The van der Waals surface area contributed by atoms with Gasteiger partial charge >= 0.3 is 55.6 Å². The molecule has 66 valence electrons. The molecule has 0 aliphatic heterocycles. The summed E-state index contributed by atoms with van der Waals surface area (Å²) in [7, 11) is -2.70. The molecule has 0 amide bonds. The Bertz CT molecular complexity index is 71.3. The molecule has 5 heteroatoms. The second-order valence-electron chi connectivity index (χ2n) is 1.76. The van der Waals surface area contributed by atoms with E-state index < -0.39 is 7.94 Å². The Balaban J connectivity index is 0. The van der Waals surface area contributed by atoms with E-state index in [9.17, 15) is 4.89 Å². The Morgan fingerprint density at radius 1 is 1.20 bits per heavy atom. The van der Waals surface area contributed by atoms with Crippen molar-refractivity contribution in [3.05, 3.63) is 0 Å². The summed E-state index contributed by atoms with van der Waals surface area (Å²) in [6, 6.07) is 0. The summed E-state index contributed by atoms with van der Waals surface area (Å²) in [5.41, 5.74) is 0. The van der Waals surface area contributed by atoms with Crippen LogP contribution in [0.4, 0.5) is 0 Å². The Labute approximate surface area is 69.8 Å². The molecule has 0 radical (unpaired) electrons. The molecule has 0 aromatic heterocycles. The van der Waals surface area contributed by atoms with Gasteiger partial charge in [-0.15, -0.1) is 0 Å². The fourth-order valence-corrected chi connectivity index (χ4v) is 1.73. The van der Waals surface area contributed by atoms with Gasteiger partial charge < -0.3 is 0 Å². The van der Waals surface area contributed by atoms with Crippen LogP contribution in [-0.2, 0) is 9.05 Å². The molecular weight excluding hydrogens is 171 g/mol. The SMILES string of the molecule is CCO[PH](C)(O)OCC.S. The van der Waals surface area contributed by atoms with Crippen LogP contribution >= 0.6 is 21.4 Å². The summed E-state index contributed by atoms with van der Waals surface area (Å²) in [5.74, 6) is 0. The zero-order valence-corrected chi connectivity index (χ0v) is 8.68. The topological polar surface area (TPSA) is 38.7 Å². The minimum atomic E-state index is -2.70. The monoisotopic (exact) mass is 188 g/mol. The van der Waals surface area contributed by atoms with E-state index in [1.54, 1.807) is 6.66 Å². The maximum atomic E-state index is 9.21. The second kappa shape index (κ2) is 6.38. The molecule has 0 aliphatic carbocycles. The molecule has 0 rings (SSSR count). The maximum absolute atomic E-state index is 9.21. The summed E-state index contributed by atoms with van der Waals surface area (Å²) < 4.78 is 9.88. The molecule has 1 N–H and O–H groups in total. The van der Waals surface area contributed by atoms with E-state index in [1.165, 1.54) is 0 Å². The second-order valence-corrected chi connectivity index (χ2v) is 4.14. The van der Waals surface area contributed by atoms with Crippen LogP contribution in [0.25, 0.3) is 0 Å². The van der Waals surface area contributed by atoms with E-state index in [0.717, 1.165) is 0 Å². The van der Waals surface area contributed by atoms with Crippen molar-refractivity contribution in [2.75, 3.05) is 19.9 Å². The van der Waals surface area contributed by atoms with Crippen LogP contribution in [0.1, 0.15) is 13.8 Å². The van der Waals surface area contributed by atoms with Crippen LogP contribution in [0, 0.1) is 0 Å². The molecule has 0 aromatic rings. The van der Waals surface area contributed by atoms with Crippen molar-refractivity contribution in [2.24, 2.45) is 0 Å². The van der Waals surface area contributed by atoms with Crippen LogP contribution < -0.4 is 0 Å². The van der Waals surface area contributed by atoms with Gasteiger partial charge in [0.15, 0.2) is 0 Å². The van der Waals surface area contributed by atoms with Crippen LogP contribution in [0.2, 0.25) is 0 Å². The normalized spacial score (nSPS) is 12.4. The number of hydrogen-bond acceptors (Lipinski definition) is 3. The van der Waals surface area contributed by atoms with Gasteiger partial charge in [0, 0.05) is 0 Å². The third kappa shape index (κ3) is 6.78. The smallest absolute Gasteiger partial charge is 0.197 e. The van der Waals surface area contributed by atoms with E-state index in [-0.39, 0.29) is 13.5 Å². The molecular formula is C5H17O3PS. The van der Waals surface area contributed by atoms with Crippen LogP contribution in [0.3, 0.4) is 0 Å². The predicted octanol–water partition coefficient (Wildman–Crippen LogP) is 1.29. The predicted molar refractivity (Wildman–Crippen MR) is 50.1 cm³/mol. The standard InChI is InChI=1S/C5H15O3P.H2S/c1-4-7-9(3,6)8-5-2;/h6,9H,4-5H2,1-3H3;1H2. The molecule has 0 bridgehead atoms. The summed E-state index contributed by atoms with van der Waals surface area (Å²) in [5, 5.41) is 0. The molecule has 0 saturated carbocycles.